The van der Waals surface area contributed by atoms with Crippen LogP contribution in [0.3, 0.4) is 0 Å². The molecule has 3 rings (SSSR count). The Kier molecular flexibility index (Phi) is 7.21. The molecule has 0 unspecified atom stereocenters. The molecule has 0 amide bonds. The molecule has 0 aliphatic heterocycles. The number of hydrogen-bond donors (Lipinski definition) is 0. The Balaban J connectivity index is 0.00000208. The van der Waals surface area contributed by atoms with Crippen molar-refractivity contribution >= 4 is 40.2 Å². The number of benzene rings is 3. The lowest BCUT2D eigenvalue weighted by Crippen LogP contribution is -2.33. The minimum Gasteiger partial charge on any atom is -0.114 e. The van der Waals surface area contributed by atoms with Gasteiger partial charge in [0.15, 0.2) is 0 Å². The van der Waals surface area contributed by atoms with Gasteiger partial charge in [0.25, 0.3) is 0 Å². The van der Waals surface area contributed by atoms with Crippen LogP contribution in [0.5, 0.6) is 0 Å². The Morgan fingerprint density at radius 3 is 1.21 bits per heavy atom. The van der Waals surface area contributed by atoms with E-state index in [4.69, 9.17) is 0 Å². The van der Waals surface area contributed by atoms with Crippen LogP contribution in [0, 0.1) is 0 Å². The summed E-state index contributed by atoms with van der Waals surface area (Å²) in [5.74, 6) is 0. The third kappa shape index (κ3) is 3.79. The molecule has 0 nitrogen and oxygen atoms in total. The first-order valence-electron chi connectivity index (χ1n) is 8.43. The molecule has 0 atom stereocenters. The number of halogens is 1. The Hall–Kier alpha value is -1.43. The monoisotopic (exact) mass is 399 g/mol. The van der Waals surface area contributed by atoms with Gasteiger partial charge in [-0.3, -0.25) is 0 Å². The molecule has 0 heterocycles. The van der Waals surface area contributed by atoms with Crippen LogP contribution in [0.25, 0.3) is 0 Å². The maximum absolute atomic E-state index is 2.32. The fourth-order valence-electron chi connectivity index (χ4n) is 3.28. The van der Waals surface area contributed by atoms with Crippen LogP contribution in [-0.4, -0.2) is 6.16 Å². The molecule has 1 radical (unpaired) electrons. The zero-order valence-corrected chi connectivity index (χ0v) is 16.7. The van der Waals surface area contributed by atoms with Gasteiger partial charge in [-0.2, -0.15) is 0 Å². The summed E-state index contributed by atoms with van der Waals surface area (Å²) in [7, 11) is -1.57. The van der Waals surface area contributed by atoms with E-state index in [-0.39, 0.29) is 17.0 Å². The van der Waals surface area contributed by atoms with Gasteiger partial charge < -0.3 is 0 Å². The molecule has 0 saturated carbocycles. The van der Waals surface area contributed by atoms with Crippen LogP contribution in [0.1, 0.15) is 19.8 Å². The third-order valence-electron chi connectivity index (χ3n) is 4.44. The highest BCUT2D eigenvalue weighted by Gasteiger charge is 2.32. The van der Waals surface area contributed by atoms with Crippen LogP contribution in [0.15, 0.2) is 91.0 Å². The summed E-state index contributed by atoms with van der Waals surface area (Å²) >= 11 is 0. The van der Waals surface area contributed by atoms with Crippen LogP contribution in [0.4, 0.5) is 0 Å². The van der Waals surface area contributed by atoms with Crippen molar-refractivity contribution in [3.05, 3.63) is 91.0 Å². The number of hydrogen-bond acceptors (Lipinski definition) is 0. The maximum Gasteiger partial charge on any atom is -0.0196 e. The van der Waals surface area contributed by atoms with E-state index in [0.717, 1.165) is 0 Å². The van der Waals surface area contributed by atoms with Crippen molar-refractivity contribution in [2.75, 3.05) is 6.16 Å². The summed E-state index contributed by atoms with van der Waals surface area (Å²) in [4.78, 5) is 0. The van der Waals surface area contributed by atoms with E-state index in [1.165, 1.54) is 34.9 Å². The van der Waals surface area contributed by atoms with Crippen LogP contribution in [0.2, 0.25) is 0 Å². The van der Waals surface area contributed by atoms with Gasteiger partial charge in [0.2, 0.25) is 0 Å². The van der Waals surface area contributed by atoms with Crippen molar-refractivity contribution in [1.82, 2.24) is 0 Å². The van der Waals surface area contributed by atoms with Gasteiger partial charge >= 0.3 is 0 Å². The predicted octanol–water partition coefficient (Wildman–Crippen LogP) is 5.36. The topological polar surface area (TPSA) is 0 Å². The molecule has 0 spiro atoms. The molecular formula is C22H25BrP. The summed E-state index contributed by atoms with van der Waals surface area (Å²) in [6.07, 6.45) is 3.72. The standard InChI is InChI=1S/C22H24P.BrH/c1-2-3-19-23(20-13-7-4-8-14-20,21-15-9-5-10-16-21)22-17-11-6-12-18-22;/h4-18H,2-3,19H2,1H3;1H. The highest BCUT2D eigenvalue weighted by Crippen LogP contribution is 2.55. The van der Waals surface area contributed by atoms with E-state index in [1.807, 2.05) is 0 Å². The molecule has 0 saturated heterocycles. The van der Waals surface area contributed by atoms with Crippen molar-refractivity contribution in [1.29, 1.82) is 0 Å². The highest BCUT2D eigenvalue weighted by atomic mass is 79.9. The fourth-order valence-corrected chi connectivity index (χ4v) is 7.78. The average molecular weight is 400 g/mol. The van der Waals surface area contributed by atoms with E-state index in [9.17, 15) is 0 Å². The second-order valence-corrected chi connectivity index (χ2v) is 9.51. The molecule has 24 heavy (non-hydrogen) atoms. The van der Waals surface area contributed by atoms with Gasteiger partial charge in [0, 0.05) is 0 Å². The quantitative estimate of drug-likeness (QED) is 0.489. The Morgan fingerprint density at radius 1 is 0.583 bits per heavy atom. The lowest BCUT2D eigenvalue weighted by Gasteiger charge is -2.38. The molecule has 0 bridgehead atoms. The molecule has 0 aliphatic rings. The zero-order chi connectivity index (χ0) is 16.0. The molecule has 125 valence electrons. The normalized spacial score (nSPS) is 10.9. The Bertz CT molecular complexity index is 614. The van der Waals surface area contributed by atoms with E-state index in [1.54, 1.807) is 0 Å². The summed E-state index contributed by atoms with van der Waals surface area (Å²) in [6.45, 7) is 2.29. The van der Waals surface area contributed by atoms with Crippen molar-refractivity contribution in [2.24, 2.45) is 0 Å². The lowest BCUT2D eigenvalue weighted by molar-refractivity contribution is 0.891. The van der Waals surface area contributed by atoms with Gasteiger partial charge in [-0.25, -0.2) is 0 Å². The minimum atomic E-state index is -1.57. The maximum atomic E-state index is 2.32. The molecular weight excluding hydrogens is 375 g/mol. The van der Waals surface area contributed by atoms with Crippen LogP contribution in [-0.2, 0) is 0 Å². The summed E-state index contributed by atoms with van der Waals surface area (Å²) in [5.41, 5.74) is 0. The van der Waals surface area contributed by atoms with Crippen LogP contribution >= 0.6 is 24.2 Å². The molecule has 2 heteroatoms. The SMILES string of the molecule is Br.CCCC[P](c1ccccc1)(c1ccccc1)c1ccccc1. The van der Waals surface area contributed by atoms with Crippen molar-refractivity contribution < 1.29 is 0 Å². The summed E-state index contributed by atoms with van der Waals surface area (Å²) in [5, 5.41) is 4.47. The lowest BCUT2D eigenvalue weighted by atomic mass is 10.3. The third-order valence-corrected chi connectivity index (χ3v) is 8.96. The Morgan fingerprint density at radius 2 is 0.917 bits per heavy atom. The number of unbranched alkanes of at least 4 members (excludes halogenated alkanes) is 1. The van der Waals surface area contributed by atoms with Crippen molar-refractivity contribution in [3.63, 3.8) is 0 Å². The first kappa shape index (κ1) is 18.9. The molecule has 0 fully saturated rings. The molecule has 0 aliphatic carbocycles. The fraction of sp³-hybridized carbons (Fsp3) is 0.182. The van der Waals surface area contributed by atoms with Crippen molar-refractivity contribution in [2.45, 2.75) is 19.8 Å². The first-order chi connectivity index (χ1) is 11.4. The number of rotatable bonds is 6. The highest BCUT2D eigenvalue weighted by molar-refractivity contribution is 8.93. The largest absolute Gasteiger partial charge is 0.114 e. The van der Waals surface area contributed by atoms with Gasteiger partial charge in [0.1, 0.15) is 0 Å². The van der Waals surface area contributed by atoms with Gasteiger partial charge in [-0.15, -0.1) is 17.0 Å². The zero-order valence-electron chi connectivity index (χ0n) is 14.1. The molecule has 3 aromatic carbocycles. The van der Waals surface area contributed by atoms with E-state index in [2.05, 4.69) is 97.9 Å². The average Bonchev–Trinajstić information content (AvgIpc) is 2.65. The summed E-state index contributed by atoms with van der Waals surface area (Å²) in [6, 6.07) is 33.4. The van der Waals surface area contributed by atoms with Gasteiger partial charge in [-0.1, -0.05) is 104 Å². The predicted molar refractivity (Wildman–Crippen MR) is 115 cm³/mol. The smallest absolute Gasteiger partial charge is 0.0196 e. The second kappa shape index (κ2) is 9.16. The van der Waals surface area contributed by atoms with Gasteiger partial charge in [0.05, 0.1) is 0 Å². The Labute approximate surface area is 157 Å². The van der Waals surface area contributed by atoms with Crippen molar-refractivity contribution in [3.8, 4) is 0 Å². The molecule has 3 aromatic rings. The summed E-state index contributed by atoms with van der Waals surface area (Å²) < 4.78 is 0. The first-order valence-corrected chi connectivity index (χ1v) is 10.4. The second-order valence-electron chi connectivity index (χ2n) is 5.89. The molecule has 0 aromatic heterocycles. The van der Waals surface area contributed by atoms with E-state index >= 15 is 0 Å². The van der Waals surface area contributed by atoms with Gasteiger partial charge in [-0.05, 0) is 35.8 Å². The minimum absolute atomic E-state index is 0. The van der Waals surface area contributed by atoms with E-state index in [0.29, 0.717) is 0 Å². The van der Waals surface area contributed by atoms with E-state index < -0.39 is 7.26 Å². The molecule has 0 N–H and O–H groups in total. The van der Waals surface area contributed by atoms with Crippen LogP contribution < -0.4 is 15.9 Å².